The molecular formula is C24H25F6N3O5. The van der Waals surface area contributed by atoms with Crippen molar-refractivity contribution in [2.24, 2.45) is 11.3 Å². The van der Waals surface area contributed by atoms with E-state index in [9.17, 15) is 45.5 Å². The van der Waals surface area contributed by atoms with Crippen molar-refractivity contribution < 1.29 is 50.3 Å². The van der Waals surface area contributed by atoms with Crippen LogP contribution in [0.3, 0.4) is 0 Å². The van der Waals surface area contributed by atoms with Gasteiger partial charge in [0.1, 0.15) is 12.6 Å². The zero-order valence-corrected chi connectivity index (χ0v) is 20.0. The summed E-state index contributed by atoms with van der Waals surface area (Å²) in [6, 6.07) is 1.39. The molecule has 14 heteroatoms. The topological polar surface area (TPSA) is 105 Å². The van der Waals surface area contributed by atoms with E-state index in [1.807, 2.05) is 0 Å². The first-order valence-electron chi connectivity index (χ1n) is 12.0. The second kappa shape index (κ2) is 10.2. The van der Waals surface area contributed by atoms with Gasteiger partial charge in [-0.15, -0.1) is 13.2 Å². The molecule has 1 aliphatic carbocycles. The Hall–Kier alpha value is -3.16. The molecule has 3 amide bonds. The van der Waals surface area contributed by atoms with Crippen LogP contribution in [-0.4, -0.2) is 66.5 Å². The summed E-state index contributed by atoms with van der Waals surface area (Å²) in [7, 11) is 0. The van der Waals surface area contributed by atoms with E-state index >= 15 is 0 Å². The van der Waals surface area contributed by atoms with E-state index in [1.54, 1.807) is 0 Å². The highest BCUT2D eigenvalue weighted by molar-refractivity contribution is 6.00. The van der Waals surface area contributed by atoms with Crippen molar-refractivity contribution in [3.05, 3.63) is 35.4 Å². The van der Waals surface area contributed by atoms with E-state index in [-0.39, 0.29) is 19.4 Å². The van der Waals surface area contributed by atoms with Gasteiger partial charge in [0.05, 0.1) is 17.2 Å². The number of ketones is 1. The third-order valence-corrected chi connectivity index (χ3v) is 7.26. The van der Waals surface area contributed by atoms with Gasteiger partial charge >= 0.3 is 12.5 Å². The summed E-state index contributed by atoms with van der Waals surface area (Å²) < 4.78 is 81.8. The molecular weight excluding hydrogens is 524 g/mol. The summed E-state index contributed by atoms with van der Waals surface area (Å²) in [5.41, 5.74) is -2.25. The van der Waals surface area contributed by atoms with E-state index < -0.39 is 77.2 Å². The maximum atomic E-state index is 13.5. The number of benzene rings is 1. The number of likely N-dealkylation sites (tertiary alicyclic amines) is 1. The van der Waals surface area contributed by atoms with Crippen LogP contribution in [0.25, 0.3) is 0 Å². The highest BCUT2D eigenvalue weighted by Crippen LogP contribution is 2.55. The average molecular weight is 549 g/mol. The lowest BCUT2D eigenvalue weighted by Crippen LogP contribution is -2.52. The number of carbonyl (C=O) groups is 4. The van der Waals surface area contributed by atoms with Crippen LogP contribution in [-0.2, 0) is 25.3 Å². The van der Waals surface area contributed by atoms with Crippen LogP contribution < -0.4 is 10.6 Å². The fourth-order valence-corrected chi connectivity index (χ4v) is 5.06. The predicted octanol–water partition coefficient (Wildman–Crippen LogP) is 2.82. The molecule has 3 fully saturated rings. The number of alkyl halides is 6. The Morgan fingerprint density at radius 2 is 1.82 bits per heavy atom. The van der Waals surface area contributed by atoms with Gasteiger partial charge < -0.3 is 15.5 Å². The molecule has 38 heavy (non-hydrogen) atoms. The largest absolute Gasteiger partial charge is 0.522 e. The smallest absolute Gasteiger partial charge is 0.356 e. The number of hydrogen-bond acceptors (Lipinski definition) is 5. The monoisotopic (exact) mass is 549 g/mol. The van der Waals surface area contributed by atoms with Crippen LogP contribution in [0, 0.1) is 11.3 Å². The summed E-state index contributed by atoms with van der Waals surface area (Å²) in [5, 5.41) is 4.89. The number of hydrogen-bond donors (Lipinski definition) is 2. The van der Waals surface area contributed by atoms with Crippen molar-refractivity contribution in [3.63, 3.8) is 0 Å². The highest BCUT2D eigenvalue weighted by atomic mass is 19.4. The van der Waals surface area contributed by atoms with Gasteiger partial charge in [-0.1, -0.05) is 12.1 Å². The van der Waals surface area contributed by atoms with Crippen LogP contribution in [0.4, 0.5) is 26.3 Å². The molecule has 3 atom stereocenters. The van der Waals surface area contributed by atoms with E-state index in [0.29, 0.717) is 25.8 Å². The third kappa shape index (κ3) is 6.27. The summed E-state index contributed by atoms with van der Waals surface area (Å²) in [4.78, 5) is 52.2. The van der Waals surface area contributed by atoms with Crippen molar-refractivity contribution in [3.8, 4) is 0 Å². The minimum Gasteiger partial charge on any atom is -0.356 e. The summed E-state index contributed by atoms with van der Waals surface area (Å²) in [6.45, 7) is -1.08. The van der Waals surface area contributed by atoms with E-state index in [2.05, 4.69) is 15.4 Å². The van der Waals surface area contributed by atoms with Crippen LogP contribution in [0.5, 0.6) is 0 Å². The molecule has 2 heterocycles. The molecule has 1 spiro atoms. The van der Waals surface area contributed by atoms with Gasteiger partial charge in [-0.3, -0.25) is 23.9 Å². The molecule has 2 N–H and O–H groups in total. The molecule has 4 rings (SSSR count). The Bertz CT molecular complexity index is 1120. The maximum absolute atomic E-state index is 13.5. The van der Waals surface area contributed by atoms with Gasteiger partial charge in [0, 0.05) is 19.0 Å². The predicted molar refractivity (Wildman–Crippen MR) is 117 cm³/mol. The van der Waals surface area contributed by atoms with Crippen molar-refractivity contribution in [2.75, 3.05) is 19.7 Å². The highest BCUT2D eigenvalue weighted by Gasteiger charge is 2.56. The molecule has 0 aromatic heterocycles. The Labute approximate surface area is 213 Å². The Kier molecular flexibility index (Phi) is 7.47. The van der Waals surface area contributed by atoms with Crippen molar-refractivity contribution in [1.29, 1.82) is 0 Å². The molecule has 0 radical (unpaired) electrons. The summed E-state index contributed by atoms with van der Waals surface area (Å²) >= 11 is 0. The molecule has 8 nitrogen and oxygen atoms in total. The molecule has 2 saturated heterocycles. The lowest BCUT2D eigenvalue weighted by molar-refractivity contribution is -0.321. The van der Waals surface area contributed by atoms with E-state index in [4.69, 9.17) is 0 Å². The van der Waals surface area contributed by atoms with Crippen LogP contribution in [0.15, 0.2) is 24.3 Å². The molecule has 3 aliphatic rings. The van der Waals surface area contributed by atoms with Gasteiger partial charge in [0.15, 0.2) is 5.78 Å². The molecule has 208 valence electrons. The van der Waals surface area contributed by atoms with Gasteiger partial charge in [0.2, 0.25) is 11.8 Å². The molecule has 1 aromatic carbocycles. The van der Waals surface area contributed by atoms with E-state index in [0.717, 1.165) is 23.1 Å². The third-order valence-electron chi connectivity index (χ3n) is 7.26. The van der Waals surface area contributed by atoms with Crippen LogP contribution in [0.1, 0.15) is 48.0 Å². The standard InChI is InChI=1S/C24H25F6N3O5/c25-23(26,27)15-4-2-1-3-14(15)21(37)33-12-22(6-7-22)10-17(33)20(36)32-16(9-13-5-8-31-19(13)35)18(34)11-38-24(28,29)30/h1-4,13,16-17H,5-12H2,(H,31,35)(H,32,36)/t13-,16-,17-/m0/s1. The normalized spacial score (nSPS) is 23.3. The zero-order valence-electron chi connectivity index (χ0n) is 20.0. The first-order valence-corrected chi connectivity index (χ1v) is 12.0. The molecule has 0 bridgehead atoms. The fourth-order valence-electron chi connectivity index (χ4n) is 5.06. The number of nitrogens with zero attached hydrogens (tertiary/aromatic N) is 1. The first kappa shape index (κ1) is 27.9. The number of amides is 3. The minimum absolute atomic E-state index is 0.0247. The molecule has 1 saturated carbocycles. The van der Waals surface area contributed by atoms with Gasteiger partial charge in [0.25, 0.3) is 5.91 Å². The zero-order chi connectivity index (χ0) is 27.9. The van der Waals surface area contributed by atoms with Gasteiger partial charge in [-0.25, -0.2) is 0 Å². The number of nitrogens with one attached hydrogen (secondary N) is 2. The Morgan fingerprint density at radius 3 is 2.39 bits per heavy atom. The lowest BCUT2D eigenvalue weighted by atomic mass is 9.95. The number of ether oxygens (including phenoxy) is 1. The minimum atomic E-state index is -5.10. The van der Waals surface area contributed by atoms with Gasteiger partial charge in [-0.2, -0.15) is 13.2 Å². The molecule has 1 aromatic rings. The first-order chi connectivity index (χ1) is 17.7. The van der Waals surface area contributed by atoms with E-state index in [1.165, 1.54) is 6.07 Å². The second-order valence-corrected chi connectivity index (χ2v) is 9.97. The van der Waals surface area contributed by atoms with Crippen molar-refractivity contribution in [2.45, 2.75) is 56.7 Å². The fraction of sp³-hybridized carbons (Fsp3) is 0.583. The van der Waals surface area contributed by atoms with Crippen molar-refractivity contribution >= 4 is 23.5 Å². The number of halogens is 6. The molecule has 2 aliphatic heterocycles. The number of Topliss-reactive ketones (excluding diaryl/α,β-unsaturated/α-hetero) is 1. The van der Waals surface area contributed by atoms with Crippen LogP contribution >= 0.6 is 0 Å². The SMILES string of the molecule is O=C1NCC[C@H]1C[C@H](NC(=O)[C@@H]1CC2(CC2)CN1C(=O)c1ccccc1C(F)(F)F)C(=O)COC(F)(F)F. The van der Waals surface area contributed by atoms with Crippen LogP contribution in [0.2, 0.25) is 0 Å². The average Bonchev–Trinajstić information content (AvgIpc) is 3.30. The second-order valence-electron chi connectivity index (χ2n) is 9.97. The maximum Gasteiger partial charge on any atom is 0.522 e. The van der Waals surface area contributed by atoms with Gasteiger partial charge in [-0.05, 0) is 49.7 Å². The Balaban J connectivity index is 1.55. The lowest BCUT2D eigenvalue weighted by Gasteiger charge is -2.27. The summed E-state index contributed by atoms with van der Waals surface area (Å²) in [6.07, 6.45) is -8.50. The number of rotatable bonds is 8. The quantitative estimate of drug-likeness (QED) is 0.486. The van der Waals surface area contributed by atoms with Crippen molar-refractivity contribution in [1.82, 2.24) is 15.5 Å². The Morgan fingerprint density at radius 1 is 1.13 bits per heavy atom. The summed E-state index contributed by atoms with van der Waals surface area (Å²) in [5.74, 6) is -4.21. The molecule has 0 unspecified atom stereocenters. The number of carbonyl (C=O) groups excluding carboxylic acids is 4.